The zero-order valence-corrected chi connectivity index (χ0v) is 10.7. The van der Waals surface area contributed by atoms with Gasteiger partial charge in [0.1, 0.15) is 11.4 Å². The Hall–Kier alpha value is -2.50. The Morgan fingerprint density at radius 1 is 1.30 bits per heavy atom. The number of aromatic nitrogens is 1. The molecule has 0 fully saturated rings. The number of benzene rings is 1. The van der Waals surface area contributed by atoms with Crippen LogP contribution in [0.25, 0.3) is 0 Å². The predicted octanol–water partition coefficient (Wildman–Crippen LogP) is 2.69. The molecule has 0 unspecified atom stereocenters. The van der Waals surface area contributed by atoms with Gasteiger partial charge in [-0.2, -0.15) is 0 Å². The van der Waals surface area contributed by atoms with Crippen molar-refractivity contribution in [2.24, 2.45) is 0 Å². The molecule has 0 spiro atoms. The number of pyridine rings is 1. The van der Waals surface area contributed by atoms with E-state index >= 15 is 0 Å². The van der Waals surface area contributed by atoms with Gasteiger partial charge in [-0.3, -0.25) is 0 Å². The summed E-state index contributed by atoms with van der Waals surface area (Å²) in [5.74, 6) is -2.84. The fourth-order valence-corrected chi connectivity index (χ4v) is 1.82. The Morgan fingerprint density at radius 3 is 2.65 bits per heavy atom. The van der Waals surface area contributed by atoms with Crippen molar-refractivity contribution in [1.82, 2.24) is 4.98 Å². The molecule has 1 aromatic heterocycles. The third kappa shape index (κ3) is 2.74. The summed E-state index contributed by atoms with van der Waals surface area (Å²) in [7, 11) is 1.52. The van der Waals surface area contributed by atoms with Crippen molar-refractivity contribution in [1.29, 1.82) is 0 Å². The van der Waals surface area contributed by atoms with Gasteiger partial charge in [-0.25, -0.2) is 18.6 Å². The van der Waals surface area contributed by atoms with E-state index in [4.69, 9.17) is 5.11 Å². The van der Waals surface area contributed by atoms with Gasteiger partial charge >= 0.3 is 5.97 Å². The second-order valence-corrected chi connectivity index (χ2v) is 4.25. The second-order valence-electron chi connectivity index (χ2n) is 4.25. The summed E-state index contributed by atoms with van der Waals surface area (Å²) in [6.07, 6.45) is 1.21. The number of rotatable bonds is 4. The lowest BCUT2D eigenvalue weighted by molar-refractivity contribution is 0.0691. The summed E-state index contributed by atoms with van der Waals surface area (Å²) >= 11 is 0. The smallest absolute Gasteiger partial charge is 0.338 e. The first-order chi connectivity index (χ1) is 9.50. The molecular formula is C14H12F2N2O2. The highest BCUT2D eigenvalue weighted by molar-refractivity contribution is 5.88. The molecule has 20 heavy (non-hydrogen) atoms. The summed E-state index contributed by atoms with van der Waals surface area (Å²) < 4.78 is 27.5. The van der Waals surface area contributed by atoms with E-state index in [9.17, 15) is 13.6 Å². The van der Waals surface area contributed by atoms with Crippen molar-refractivity contribution in [3.63, 3.8) is 0 Å². The first-order valence-electron chi connectivity index (χ1n) is 5.83. The third-order valence-corrected chi connectivity index (χ3v) is 2.83. The van der Waals surface area contributed by atoms with Crippen LogP contribution in [0.4, 0.5) is 14.6 Å². The Kier molecular flexibility index (Phi) is 3.93. The highest BCUT2D eigenvalue weighted by Gasteiger charge is 2.18. The van der Waals surface area contributed by atoms with E-state index in [-0.39, 0.29) is 12.4 Å². The molecule has 1 aromatic carbocycles. The summed E-state index contributed by atoms with van der Waals surface area (Å²) in [4.78, 5) is 16.0. The van der Waals surface area contributed by atoms with Crippen LogP contribution < -0.4 is 4.90 Å². The molecule has 4 nitrogen and oxygen atoms in total. The average Bonchev–Trinajstić information content (AvgIpc) is 2.41. The lowest BCUT2D eigenvalue weighted by atomic mass is 10.2. The number of carbonyl (C=O) groups is 1. The van der Waals surface area contributed by atoms with E-state index in [0.29, 0.717) is 5.56 Å². The second kappa shape index (κ2) is 5.64. The zero-order valence-electron chi connectivity index (χ0n) is 10.7. The molecule has 0 bridgehead atoms. The van der Waals surface area contributed by atoms with E-state index in [1.54, 1.807) is 18.2 Å². The maximum absolute atomic E-state index is 14.0. The maximum atomic E-state index is 14.0. The van der Waals surface area contributed by atoms with Crippen LogP contribution in [-0.4, -0.2) is 23.1 Å². The van der Waals surface area contributed by atoms with Crippen LogP contribution in [0.3, 0.4) is 0 Å². The van der Waals surface area contributed by atoms with Crippen molar-refractivity contribution in [2.45, 2.75) is 6.54 Å². The van der Waals surface area contributed by atoms with Gasteiger partial charge < -0.3 is 10.0 Å². The number of anilines is 1. The molecule has 2 aromatic rings. The van der Waals surface area contributed by atoms with Crippen molar-refractivity contribution < 1.29 is 18.7 Å². The summed E-state index contributed by atoms with van der Waals surface area (Å²) in [6.45, 7) is 0.0830. The van der Waals surface area contributed by atoms with E-state index < -0.39 is 23.2 Å². The molecule has 0 atom stereocenters. The minimum atomic E-state index is -1.37. The van der Waals surface area contributed by atoms with Crippen molar-refractivity contribution in [3.8, 4) is 0 Å². The predicted molar refractivity (Wildman–Crippen MR) is 69.7 cm³/mol. The lowest BCUT2D eigenvalue weighted by Crippen LogP contribution is -2.21. The first kappa shape index (κ1) is 13.9. The molecule has 0 aliphatic heterocycles. The fourth-order valence-electron chi connectivity index (χ4n) is 1.82. The quantitative estimate of drug-likeness (QED) is 0.934. The van der Waals surface area contributed by atoms with Gasteiger partial charge in [-0.1, -0.05) is 18.2 Å². The normalized spacial score (nSPS) is 10.3. The van der Waals surface area contributed by atoms with Gasteiger partial charge in [-0.05, 0) is 12.1 Å². The van der Waals surface area contributed by atoms with Crippen molar-refractivity contribution in [3.05, 3.63) is 59.3 Å². The highest BCUT2D eigenvalue weighted by Crippen LogP contribution is 2.20. The molecule has 1 N–H and O–H groups in total. The summed E-state index contributed by atoms with van der Waals surface area (Å²) in [5, 5.41) is 8.86. The minimum absolute atomic E-state index is 0.0830. The number of aromatic carboxylic acids is 1. The highest BCUT2D eigenvalue weighted by atomic mass is 19.1. The molecule has 2 rings (SSSR count). The standard InChI is InChI=1S/C14H12F2N2O2/c1-18(8-9-4-2-3-5-11(9)15)13-12(16)10(14(19)20)6-7-17-13/h2-7H,8H2,1H3,(H,19,20). The molecule has 6 heteroatoms. The maximum Gasteiger partial charge on any atom is 0.338 e. The number of halogens is 2. The Bertz CT molecular complexity index is 647. The SMILES string of the molecule is CN(Cc1ccccc1F)c1nccc(C(=O)O)c1F. The Balaban J connectivity index is 2.30. The number of carboxylic acids is 1. The van der Waals surface area contributed by atoms with E-state index in [1.807, 2.05) is 0 Å². The van der Waals surface area contributed by atoms with Crippen LogP contribution in [0.5, 0.6) is 0 Å². The topological polar surface area (TPSA) is 53.4 Å². The number of carboxylic acid groups (broad SMARTS) is 1. The largest absolute Gasteiger partial charge is 0.478 e. The van der Waals surface area contributed by atoms with Crippen molar-refractivity contribution >= 4 is 11.8 Å². The molecule has 104 valence electrons. The number of nitrogens with zero attached hydrogens (tertiary/aromatic N) is 2. The Morgan fingerprint density at radius 2 is 2.00 bits per heavy atom. The van der Waals surface area contributed by atoms with Gasteiger partial charge in [-0.15, -0.1) is 0 Å². The summed E-state index contributed by atoms with van der Waals surface area (Å²) in [5.41, 5.74) is -0.0905. The number of hydrogen-bond acceptors (Lipinski definition) is 3. The molecule has 1 heterocycles. The van der Waals surface area contributed by atoms with E-state index in [0.717, 1.165) is 6.07 Å². The summed E-state index contributed by atoms with van der Waals surface area (Å²) in [6, 6.07) is 7.19. The van der Waals surface area contributed by atoms with Crippen LogP contribution >= 0.6 is 0 Å². The molecule has 0 aliphatic rings. The van der Waals surface area contributed by atoms with Crippen LogP contribution in [-0.2, 0) is 6.54 Å². The van der Waals surface area contributed by atoms with Crippen LogP contribution in [0.15, 0.2) is 36.5 Å². The fraction of sp³-hybridized carbons (Fsp3) is 0.143. The van der Waals surface area contributed by atoms with E-state index in [1.165, 1.54) is 24.2 Å². The van der Waals surface area contributed by atoms with Crippen LogP contribution in [0.1, 0.15) is 15.9 Å². The van der Waals surface area contributed by atoms with E-state index in [2.05, 4.69) is 4.98 Å². The number of hydrogen-bond donors (Lipinski definition) is 1. The third-order valence-electron chi connectivity index (χ3n) is 2.83. The lowest BCUT2D eigenvalue weighted by Gasteiger charge is -2.19. The Labute approximate surface area is 114 Å². The molecule has 0 aliphatic carbocycles. The van der Waals surface area contributed by atoms with Crippen LogP contribution in [0, 0.1) is 11.6 Å². The first-order valence-corrected chi connectivity index (χ1v) is 5.83. The van der Waals surface area contributed by atoms with Gasteiger partial charge in [0.25, 0.3) is 0 Å². The molecule has 0 saturated carbocycles. The molecule has 0 amide bonds. The van der Waals surface area contributed by atoms with Gasteiger partial charge in [0, 0.05) is 25.4 Å². The minimum Gasteiger partial charge on any atom is -0.478 e. The monoisotopic (exact) mass is 278 g/mol. The molecule has 0 saturated heterocycles. The van der Waals surface area contributed by atoms with Crippen LogP contribution in [0.2, 0.25) is 0 Å². The molecular weight excluding hydrogens is 266 g/mol. The average molecular weight is 278 g/mol. The van der Waals surface area contributed by atoms with Gasteiger partial charge in [0.05, 0.1) is 0 Å². The van der Waals surface area contributed by atoms with Crippen molar-refractivity contribution in [2.75, 3.05) is 11.9 Å². The molecule has 0 radical (unpaired) electrons. The van der Waals surface area contributed by atoms with Gasteiger partial charge in [0.15, 0.2) is 11.6 Å². The zero-order chi connectivity index (χ0) is 14.7. The van der Waals surface area contributed by atoms with Gasteiger partial charge in [0.2, 0.25) is 0 Å².